The van der Waals surface area contributed by atoms with Crippen LogP contribution in [0, 0.1) is 0 Å². The van der Waals surface area contributed by atoms with Gasteiger partial charge in [-0.25, -0.2) is 0 Å². The van der Waals surface area contributed by atoms with E-state index in [1.165, 1.54) is 22.6 Å². The highest BCUT2D eigenvalue weighted by Crippen LogP contribution is 2.61. The van der Waals surface area contributed by atoms with E-state index >= 15 is 0 Å². The third kappa shape index (κ3) is 4.97. The second-order valence-corrected chi connectivity index (χ2v) is 14.4. The van der Waals surface area contributed by atoms with Crippen molar-refractivity contribution in [2.24, 2.45) is 0 Å². The zero-order chi connectivity index (χ0) is 22.5. The van der Waals surface area contributed by atoms with Crippen LogP contribution in [-0.4, -0.2) is 47.8 Å². The monoisotopic (exact) mass is 560 g/mol. The van der Waals surface area contributed by atoms with Gasteiger partial charge in [-0.3, -0.25) is 0 Å². The molecule has 0 aliphatic rings. The molecule has 1 unspecified atom stereocenters. The van der Waals surface area contributed by atoms with Crippen LogP contribution in [-0.2, 0) is 0 Å². The molecule has 0 saturated heterocycles. The smallest absolute Gasteiger partial charge is 0.200 e. The quantitative estimate of drug-likeness (QED) is 0.127. The van der Waals surface area contributed by atoms with Crippen LogP contribution in [0.5, 0.6) is 0 Å². The topological polar surface area (TPSA) is 0 Å². The summed E-state index contributed by atoms with van der Waals surface area (Å²) in [5.74, 6) is -36.4. The van der Waals surface area contributed by atoms with Crippen LogP contribution < -0.4 is 0 Å². The van der Waals surface area contributed by atoms with Gasteiger partial charge in [-0.15, -0.1) is 0 Å². The average Bonchev–Trinajstić information content (AvgIpc) is 2.32. The zero-order valence-electron chi connectivity index (χ0n) is 13.8. The maximum atomic E-state index is 13.7. The molecule has 27 heavy (non-hydrogen) atoms. The summed E-state index contributed by atoms with van der Waals surface area (Å²) < 4.78 is 167. The summed E-state index contributed by atoms with van der Waals surface area (Å²) in [6, 6.07) is -0.153. The van der Waals surface area contributed by atoms with Gasteiger partial charge < -0.3 is 0 Å². The van der Waals surface area contributed by atoms with Crippen molar-refractivity contribution in [3.8, 4) is 0 Å². The van der Waals surface area contributed by atoms with Gasteiger partial charge in [-0.1, -0.05) is 42.2 Å². The number of rotatable bonds is 8. The number of hydrogen-bond acceptors (Lipinski definition) is 0. The molecule has 0 spiro atoms. The first-order valence-corrected chi connectivity index (χ1v) is 11.9. The molecule has 0 amide bonds. The molecule has 0 aromatic heterocycles. The molecule has 0 aromatic rings. The highest BCUT2D eigenvalue weighted by atomic mass is 127. The van der Waals surface area contributed by atoms with Gasteiger partial charge in [-0.2, -0.15) is 57.1 Å². The highest BCUT2D eigenvalue weighted by Gasteiger charge is 2.90. The third-order valence-electron chi connectivity index (χ3n) is 3.31. The van der Waals surface area contributed by atoms with Crippen molar-refractivity contribution < 1.29 is 57.1 Å². The number of halogens is 14. The Kier molecular flexibility index (Phi) is 7.39. The van der Waals surface area contributed by atoms with Crippen molar-refractivity contribution in [3.63, 3.8) is 0 Å². The minimum atomic E-state index is -7.83. The van der Waals surface area contributed by atoms with Crippen molar-refractivity contribution in [1.29, 1.82) is 0 Å². The first kappa shape index (κ1) is 27.0. The fourth-order valence-corrected chi connectivity index (χ4v) is 7.93. The Morgan fingerprint density at radius 1 is 0.630 bits per heavy atom. The fourth-order valence-electron chi connectivity index (χ4n) is 1.95. The third-order valence-corrected chi connectivity index (χ3v) is 6.74. The van der Waals surface area contributed by atoms with Gasteiger partial charge in [0, 0.05) is 18.4 Å². The lowest BCUT2D eigenvalue weighted by atomic mass is 9.92. The van der Waals surface area contributed by atoms with Crippen molar-refractivity contribution in [2.45, 2.75) is 71.8 Å². The molecule has 0 fully saturated rings. The lowest BCUT2D eigenvalue weighted by Gasteiger charge is -2.40. The minimum absolute atomic E-state index is 0.153. The van der Waals surface area contributed by atoms with Crippen molar-refractivity contribution >= 4 is 30.7 Å². The molecule has 0 nitrogen and oxygen atoms in total. The van der Waals surface area contributed by atoms with Crippen LogP contribution in [0.3, 0.4) is 0 Å². The molecule has 0 bridgehead atoms. The molecule has 164 valence electrons. The van der Waals surface area contributed by atoms with Crippen LogP contribution >= 0.6 is 22.6 Å². The molecule has 0 saturated carbocycles. The summed E-state index contributed by atoms with van der Waals surface area (Å²) in [5.41, 5.74) is 0. The van der Waals surface area contributed by atoms with Crippen LogP contribution in [0.25, 0.3) is 0 Å². The van der Waals surface area contributed by atoms with E-state index in [0.29, 0.717) is 0 Å². The second kappa shape index (κ2) is 7.38. The predicted octanol–water partition coefficient (Wildman–Crippen LogP) is 7.26. The lowest BCUT2D eigenvalue weighted by molar-refractivity contribution is -0.440. The molecule has 0 aliphatic carbocycles. The highest BCUT2D eigenvalue weighted by molar-refractivity contribution is 14.1. The van der Waals surface area contributed by atoms with Crippen molar-refractivity contribution in [2.75, 3.05) is 0 Å². The molecule has 0 N–H and O–H groups in total. The van der Waals surface area contributed by atoms with E-state index in [2.05, 4.69) is 0 Å². The first-order chi connectivity index (χ1) is 11.4. The normalized spacial score (nSPS) is 17.2. The summed E-state index contributed by atoms with van der Waals surface area (Å²) in [6.07, 6.45) is -9.50. The lowest BCUT2D eigenvalue weighted by Crippen LogP contribution is -2.70. The fraction of sp³-hybridized carbons (Fsp3) is 1.00. The largest absolute Gasteiger partial charge is 0.460 e. The number of hydrogen-bond donors (Lipinski definition) is 0. The minimum Gasteiger partial charge on any atom is -0.200 e. The predicted molar refractivity (Wildman–Crippen MR) is 81.4 cm³/mol. The standard InChI is InChI=1S/C12H14F13ISi/c1-27(2,3)5-6(26)4-7(13,14)8(15,16)9(17,18)10(19,20)11(21,22)12(23,24)25/h6H,4-5H2,1-3H3. The molecular formula is C12H14F13ISi. The van der Waals surface area contributed by atoms with Gasteiger partial charge in [0.1, 0.15) is 0 Å². The Labute approximate surface area is 160 Å². The average molecular weight is 560 g/mol. The van der Waals surface area contributed by atoms with E-state index in [9.17, 15) is 57.1 Å². The van der Waals surface area contributed by atoms with Crippen LogP contribution in [0.2, 0.25) is 25.7 Å². The van der Waals surface area contributed by atoms with Gasteiger partial charge in [-0.05, 0) is 6.04 Å². The molecule has 0 aliphatic heterocycles. The Morgan fingerprint density at radius 3 is 1.26 bits per heavy atom. The summed E-state index contributed by atoms with van der Waals surface area (Å²) in [4.78, 5) is 0. The van der Waals surface area contributed by atoms with Crippen molar-refractivity contribution in [3.05, 3.63) is 0 Å². The second-order valence-electron chi connectivity index (χ2n) is 7.07. The summed E-state index contributed by atoms with van der Waals surface area (Å²) >= 11 is 1.17. The van der Waals surface area contributed by atoms with E-state index in [4.69, 9.17) is 0 Å². The van der Waals surface area contributed by atoms with Gasteiger partial charge in [0.15, 0.2) is 0 Å². The van der Waals surface area contributed by atoms with E-state index in [0.717, 1.165) is 0 Å². The van der Waals surface area contributed by atoms with Gasteiger partial charge in [0.25, 0.3) is 0 Å². The summed E-state index contributed by atoms with van der Waals surface area (Å²) in [6.45, 7) is 4.75. The zero-order valence-corrected chi connectivity index (χ0v) is 16.9. The van der Waals surface area contributed by atoms with E-state index in [1.807, 2.05) is 0 Å². The molecule has 0 rings (SSSR count). The Hall–Kier alpha value is 0.0369. The van der Waals surface area contributed by atoms with Crippen LogP contribution in [0.15, 0.2) is 0 Å². The SMILES string of the molecule is C[Si](C)(C)CC(I)CC(F)(F)C(F)(F)C(F)(F)C(F)(F)C(F)(F)C(F)(F)F. The van der Waals surface area contributed by atoms with E-state index in [-0.39, 0.29) is 6.04 Å². The van der Waals surface area contributed by atoms with Crippen LogP contribution in [0.4, 0.5) is 57.1 Å². The molecule has 0 aromatic carbocycles. The molecule has 0 radical (unpaired) electrons. The molecule has 15 heteroatoms. The Morgan fingerprint density at radius 2 is 0.963 bits per heavy atom. The molecule has 0 heterocycles. The van der Waals surface area contributed by atoms with Crippen molar-refractivity contribution in [1.82, 2.24) is 0 Å². The van der Waals surface area contributed by atoms with Gasteiger partial charge >= 0.3 is 35.8 Å². The summed E-state index contributed by atoms with van der Waals surface area (Å²) in [7, 11) is -2.21. The van der Waals surface area contributed by atoms with Gasteiger partial charge in [0.2, 0.25) is 0 Å². The summed E-state index contributed by atoms with van der Waals surface area (Å²) in [5, 5.41) is 0. The van der Waals surface area contributed by atoms with E-state index in [1.54, 1.807) is 19.6 Å². The number of alkyl halides is 14. The van der Waals surface area contributed by atoms with Gasteiger partial charge in [0.05, 0.1) is 0 Å². The first-order valence-electron chi connectivity index (χ1n) is 6.95. The molecular weight excluding hydrogens is 546 g/mol. The molecule has 1 atom stereocenters. The van der Waals surface area contributed by atoms with Crippen LogP contribution in [0.1, 0.15) is 6.42 Å². The maximum absolute atomic E-state index is 13.7. The maximum Gasteiger partial charge on any atom is 0.460 e. The Balaban J connectivity index is 6.01. The Bertz CT molecular complexity index is 520. The van der Waals surface area contributed by atoms with E-state index < -0.39 is 54.2 Å².